The number of hydrogen-bond donors (Lipinski definition) is 1. The van der Waals surface area contributed by atoms with Gasteiger partial charge in [0, 0.05) is 5.56 Å². The summed E-state index contributed by atoms with van der Waals surface area (Å²) in [5.41, 5.74) is 2.65. The first-order valence-corrected chi connectivity index (χ1v) is 7.08. The van der Waals surface area contributed by atoms with Gasteiger partial charge < -0.3 is 9.84 Å². The zero-order chi connectivity index (χ0) is 16.3. The first-order valence-electron chi connectivity index (χ1n) is 7.08. The number of allylic oxidation sites excluding steroid dienone is 1. The molecule has 5 heteroatoms. The van der Waals surface area contributed by atoms with Gasteiger partial charge in [-0.1, -0.05) is 26.0 Å². The number of carbonyl (C=O) groups is 1. The molecule has 0 aliphatic rings. The number of methoxy groups -OCH3 is 1. The molecule has 1 aromatic heterocycles. The second kappa shape index (κ2) is 6.47. The van der Waals surface area contributed by atoms with Crippen LogP contribution in [0.3, 0.4) is 0 Å². The van der Waals surface area contributed by atoms with Crippen molar-refractivity contribution in [2.24, 2.45) is 0 Å². The summed E-state index contributed by atoms with van der Waals surface area (Å²) in [6.45, 7) is 8.18. The predicted octanol–water partition coefficient (Wildman–Crippen LogP) is 3.57. The molecule has 0 saturated heterocycles. The molecule has 22 heavy (non-hydrogen) atoms. The molecule has 0 fully saturated rings. The quantitative estimate of drug-likeness (QED) is 0.828. The van der Waals surface area contributed by atoms with Crippen LogP contribution in [-0.4, -0.2) is 28.0 Å². The summed E-state index contributed by atoms with van der Waals surface area (Å²) in [4.78, 5) is 11.3. The highest BCUT2D eigenvalue weighted by atomic mass is 16.5. The molecule has 0 aliphatic heterocycles. The minimum Gasteiger partial charge on any atom is -0.496 e. The van der Waals surface area contributed by atoms with Gasteiger partial charge in [-0.05, 0) is 29.7 Å². The van der Waals surface area contributed by atoms with Gasteiger partial charge >= 0.3 is 5.97 Å². The average molecular weight is 300 g/mol. The van der Waals surface area contributed by atoms with E-state index in [-0.39, 0.29) is 5.69 Å². The fourth-order valence-electron chi connectivity index (χ4n) is 2.27. The second-order valence-electron chi connectivity index (χ2n) is 5.31. The van der Waals surface area contributed by atoms with E-state index in [2.05, 4.69) is 25.5 Å². The summed E-state index contributed by atoms with van der Waals surface area (Å²) >= 11 is 0. The fourth-order valence-corrected chi connectivity index (χ4v) is 2.27. The maximum atomic E-state index is 11.3. The van der Waals surface area contributed by atoms with Crippen molar-refractivity contribution in [1.29, 1.82) is 0 Å². The molecule has 0 atom stereocenters. The van der Waals surface area contributed by atoms with Gasteiger partial charge in [-0.3, -0.25) is 4.68 Å². The maximum Gasteiger partial charge on any atom is 0.354 e. The van der Waals surface area contributed by atoms with Gasteiger partial charge in [-0.15, -0.1) is 6.58 Å². The molecule has 1 N–H and O–H groups in total. The summed E-state index contributed by atoms with van der Waals surface area (Å²) in [5, 5.41) is 13.7. The molecule has 1 heterocycles. The highest BCUT2D eigenvalue weighted by Crippen LogP contribution is 2.32. The maximum absolute atomic E-state index is 11.3. The van der Waals surface area contributed by atoms with Crippen molar-refractivity contribution in [2.45, 2.75) is 26.3 Å². The molecule has 5 nitrogen and oxygen atoms in total. The minimum atomic E-state index is -1.01. The number of benzene rings is 1. The lowest BCUT2D eigenvalue weighted by molar-refractivity contribution is 0.0684. The molecule has 0 spiro atoms. The molecular weight excluding hydrogens is 280 g/mol. The molecule has 0 saturated carbocycles. The van der Waals surface area contributed by atoms with E-state index in [1.807, 2.05) is 18.2 Å². The number of nitrogens with zero attached hydrogens (tertiary/aromatic N) is 2. The number of aromatic carboxylic acids is 1. The van der Waals surface area contributed by atoms with Crippen LogP contribution in [0.15, 0.2) is 36.9 Å². The first-order chi connectivity index (χ1) is 10.5. The van der Waals surface area contributed by atoms with Crippen molar-refractivity contribution in [3.8, 4) is 17.0 Å². The van der Waals surface area contributed by atoms with Gasteiger partial charge in [0.1, 0.15) is 11.4 Å². The van der Waals surface area contributed by atoms with Crippen LogP contribution < -0.4 is 4.74 Å². The van der Waals surface area contributed by atoms with Crippen LogP contribution in [0.25, 0.3) is 11.3 Å². The fraction of sp³-hybridized carbons (Fsp3) is 0.294. The molecule has 0 amide bonds. The largest absolute Gasteiger partial charge is 0.496 e. The lowest BCUT2D eigenvalue weighted by Crippen LogP contribution is -2.08. The lowest BCUT2D eigenvalue weighted by Gasteiger charge is -2.11. The summed E-state index contributed by atoms with van der Waals surface area (Å²) in [6.07, 6.45) is 1.62. The van der Waals surface area contributed by atoms with Gasteiger partial charge in [-0.25, -0.2) is 4.79 Å². The normalized spacial score (nSPS) is 10.7. The third-order valence-electron chi connectivity index (χ3n) is 3.47. The third kappa shape index (κ3) is 3.03. The molecule has 2 aromatic rings. The van der Waals surface area contributed by atoms with E-state index in [0.29, 0.717) is 23.9 Å². The number of carboxylic acid groups (broad SMARTS) is 1. The molecule has 0 unspecified atom stereocenters. The van der Waals surface area contributed by atoms with Crippen LogP contribution in [0.5, 0.6) is 5.75 Å². The molecule has 0 radical (unpaired) electrons. The van der Waals surface area contributed by atoms with Gasteiger partial charge in [0.25, 0.3) is 0 Å². The van der Waals surface area contributed by atoms with E-state index in [9.17, 15) is 9.90 Å². The van der Waals surface area contributed by atoms with Crippen molar-refractivity contribution in [1.82, 2.24) is 9.78 Å². The Labute approximate surface area is 129 Å². The lowest BCUT2D eigenvalue weighted by atomic mass is 9.99. The molecule has 2 rings (SSSR count). The van der Waals surface area contributed by atoms with Gasteiger partial charge in [-0.2, -0.15) is 5.10 Å². The number of rotatable bonds is 6. The van der Waals surface area contributed by atoms with Gasteiger partial charge in [0.15, 0.2) is 0 Å². The number of aromatic nitrogens is 2. The Morgan fingerprint density at radius 3 is 2.73 bits per heavy atom. The van der Waals surface area contributed by atoms with Crippen LogP contribution >= 0.6 is 0 Å². The molecule has 116 valence electrons. The summed E-state index contributed by atoms with van der Waals surface area (Å²) in [5.74, 6) is 0.0167. The first kappa shape index (κ1) is 15.8. The smallest absolute Gasteiger partial charge is 0.354 e. The van der Waals surface area contributed by atoms with E-state index in [0.717, 1.165) is 11.1 Å². The minimum absolute atomic E-state index is 0.131. The van der Waals surface area contributed by atoms with Crippen molar-refractivity contribution in [3.63, 3.8) is 0 Å². The Morgan fingerprint density at radius 2 is 2.18 bits per heavy atom. The van der Waals surface area contributed by atoms with E-state index in [1.54, 1.807) is 19.3 Å². The van der Waals surface area contributed by atoms with E-state index in [1.165, 1.54) is 4.68 Å². The Kier molecular flexibility index (Phi) is 4.65. The van der Waals surface area contributed by atoms with Crippen LogP contribution in [0, 0.1) is 0 Å². The molecular formula is C17H20N2O3. The second-order valence-corrected chi connectivity index (χ2v) is 5.31. The van der Waals surface area contributed by atoms with Crippen LogP contribution in [0.4, 0.5) is 0 Å². The zero-order valence-corrected chi connectivity index (χ0v) is 13.0. The third-order valence-corrected chi connectivity index (χ3v) is 3.47. The number of ether oxygens (including phenoxy) is 1. The van der Waals surface area contributed by atoms with Crippen molar-refractivity contribution >= 4 is 5.97 Å². The predicted molar refractivity (Wildman–Crippen MR) is 85.5 cm³/mol. The van der Waals surface area contributed by atoms with Gasteiger partial charge in [0.2, 0.25) is 0 Å². The standard InChI is InChI=1S/C17H20N2O3/c1-5-8-19-15(17(20)21)10-14(18-19)13-9-12(11(2)3)6-7-16(13)22-4/h5-7,9-11H,1,8H2,2-4H3,(H,20,21). The zero-order valence-electron chi connectivity index (χ0n) is 13.0. The highest BCUT2D eigenvalue weighted by molar-refractivity contribution is 5.87. The van der Waals surface area contributed by atoms with Crippen molar-refractivity contribution < 1.29 is 14.6 Å². The molecule has 0 bridgehead atoms. The Morgan fingerprint density at radius 1 is 1.45 bits per heavy atom. The van der Waals surface area contributed by atoms with E-state index >= 15 is 0 Å². The monoisotopic (exact) mass is 300 g/mol. The summed E-state index contributed by atoms with van der Waals surface area (Å²) < 4.78 is 6.81. The van der Waals surface area contributed by atoms with Crippen LogP contribution in [0.1, 0.15) is 35.8 Å². The number of hydrogen-bond acceptors (Lipinski definition) is 3. The SMILES string of the molecule is C=CCn1nc(-c2cc(C(C)C)ccc2OC)cc1C(=O)O. The van der Waals surface area contributed by atoms with Crippen molar-refractivity contribution in [2.75, 3.05) is 7.11 Å². The summed E-state index contributed by atoms with van der Waals surface area (Å²) in [7, 11) is 1.59. The van der Waals surface area contributed by atoms with E-state index in [4.69, 9.17) is 4.74 Å². The highest BCUT2D eigenvalue weighted by Gasteiger charge is 2.17. The average Bonchev–Trinajstić information content (AvgIpc) is 2.91. The van der Waals surface area contributed by atoms with Crippen LogP contribution in [-0.2, 0) is 6.54 Å². The number of carboxylic acids is 1. The van der Waals surface area contributed by atoms with Crippen molar-refractivity contribution in [3.05, 3.63) is 48.2 Å². The van der Waals surface area contributed by atoms with E-state index < -0.39 is 5.97 Å². The van der Waals surface area contributed by atoms with Crippen LogP contribution in [0.2, 0.25) is 0 Å². The molecule has 1 aromatic carbocycles. The Balaban J connectivity index is 2.59. The summed E-state index contributed by atoms with van der Waals surface area (Å²) in [6, 6.07) is 7.45. The Bertz CT molecular complexity index is 702. The molecule has 0 aliphatic carbocycles. The Hall–Kier alpha value is -2.56. The van der Waals surface area contributed by atoms with Gasteiger partial charge in [0.05, 0.1) is 19.3 Å². The topological polar surface area (TPSA) is 64.4 Å².